The molecule has 32 heavy (non-hydrogen) atoms. The largest absolute Gasteiger partial charge is 0.495 e. The second-order valence-corrected chi connectivity index (χ2v) is 7.84. The molecule has 0 radical (unpaired) electrons. The molecule has 4 aromatic rings. The number of ether oxygens (including phenoxy) is 1. The van der Waals surface area contributed by atoms with Crippen LogP contribution in [0.5, 0.6) is 5.75 Å². The smallest absolute Gasteiger partial charge is 0.251 e. The number of nitrogens with one attached hydrogen (secondary N) is 2. The van der Waals surface area contributed by atoms with Gasteiger partial charge in [0.05, 0.1) is 12.8 Å². The van der Waals surface area contributed by atoms with Gasteiger partial charge >= 0.3 is 0 Å². The van der Waals surface area contributed by atoms with Crippen LogP contribution in [0.15, 0.2) is 71.2 Å². The maximum atomic E-state index is 12.5. The minimum absolute atomic E-state index is 0.0613. The van der Waals surface area contributed by atoms with Crippen molar-refractivity contribution in [2.45, 2.75) is 18.9 Å². The van der Waals surface area contributed by atoms with E-state index < -0.39 is 0 Å². The number of benzene rings is 3. The Morgan fingerprint density at radius 3 is 2.53 bits per heavy atom. The number of hydrogen-bond donors (Lipinski definition) is 2. The Labute approximate surface area is 184 Å². The molecule has 3 aromatic carbocycles. The molecular weight excluding hydrogens is 404 g/mol. The molecular formula is C26H22N2O4. The number of rotatable bonds is 6. The van der Waals surface area contributed by atoms with Crippen LogP contribution in [0.25, 0.3) is 28.0 Å². The molecule has 2 N–H and O–H groups in total. The van der Waals surface area contributed by atoms with Gasteiger partial charge in [0, 0.05) is 34.5 Å². The van der Waals surface area contributed by atoms with Gasteiger partial charge in [0.2, 0.25) is 5.91 Å². The number of amides is 2. The Hall–Kier alpha value is -4.06. The highest BCUT2D eigenvalue weighted by atomic mass is 16.5. The van der Waals surface area contributed by atoms with E-state index in [1.54, 1.807) is 31.4 Å². The number of carbonyl (C=O) groups excluding carboxylic acids is 2. The molecule has 1 saturated carbocycles. The predicted molar refractivity (Wildman–Crippen MR) is 125 cm³/mol. The summed E-state index contributed by atoms with van der Waals surface area (Å²) >= 11 is 0. The molecule has 1 aliphatic rings. The van der Waals surface area contributed by atoms with Crippen molar-refractivity contribution in [1.29, 1.82) is 0 Å². The first-order valence-electron chi connectivity index (χ1n) is 10.5. The lowest BCUT2D eigenvalue weighted by Crippen LogP contribution is -2.25. The second kappa shape index (κ2) is 8.23. The summed E-state index contributed by atoms with van der Waals surface area (Å²) in [6, 6.07) is 18.9. The number of hydrogen-bond acceptors (Lipinski definition) is 4. The van der Waals surface area contributed by atoms with Crippen molar-refractivity contribution in [1.82, 2.24) is 5.32 Å². The fourth-order valence-electron chi connectivity index (χ4n) is 3.61. The summed E-state index contributed by atoms with van der Waals surface area (Å²) in [5.74, 6) is 0.194. The van der Waals surface area contributed by atoms with Gasteiger partial charge in [0.15, 0.2) is 0 Å². The normalized spacial score (nSPS) is 13.5. The minimum Gasteiger partial charge on any atom is -0.495 e. The summed E-state index contributed by atoms with van der Waals surface area (Å²) < 4.78 is 11.4. The van der Waals surface area contributed by atoms with Gasteiger partial charge in [-0.05, 0) is 48.7 Å². The first kappa shape index (κ1) is 19.9. The van der Waals surface area contributed by atoms with Crippen molar-refractivity contribution in [2.75, 3.05) is 12.4 Å². The first-order chi connectivity index (χ1) is 15.6. The van der Waals surface area contributed by atoms with Gasteiger partial charge in [0.25, 0.3) is 5.91 Å². The number of anilines is 1. The monoisotopic (exact) mass is 426 g/mol. The average molecular weight is 426 g/mol. The predicted octanol–water partition coefficient (Wildman–Crippen LogP) is 5.14. The van der Waals surface area contributed by atoms with E-state index in [9.17, 15) is 9.59 Å². The van der Waals surface area contributed by atoms with E-state index in [-0.39, 0.29) is 11.8 Å². The standard InChI is InChI=1S/C26H22N2O4/c1-31-24-14-20-19-4-2-3-5-22(19)32-23(20)15-21(24)28-25(29)13-8-16-6-9-17(10-7-16)26(30)27-18-11-12-18/h2-10,13-15,18H,11-12H2,1H3,(H,27,30)(H,28,29)/b13-8+. The van der Waals surface area contributed by atoms with E-state index in [2.05, 4.69) is 10.6 Å². The van der Waals surface area contributed by atoms with Crippen LogP contribution in [0.3, 0.4) is 0 Å². The molecule has 1 aliphatic carbocycles. The molecule has 0 unspecified atom stereocenters. The SMILES string of the molecule is COc1cc2c(cc1NC(=O)/C=C/c1ccc(C(=O)NC3CC3)cc1)oc1ccccc12. The van der Waals surface area contributed by atoms with Crippen molar-refractivity contribution in [2.24, 2.45) is 0 Å². The topological polar surface area (TPSA) is 80.6 Å². The molecule has 1 aromatic heterocycles. The number of methoxy groups -OCH3 is 1. The van der Waals surface area contributed by atoms with Crippen molar-refractivity contribution in [3.05, 3.63) is 77.9 Å². The van der Waals surface area contributed by atoms with Gasteiger partial charge in [-0.25, -0.2) is 0 Å². The Balaban J connectivity index is 1.31. The zero-order valence-electron chi connectivity index (χ0n) is 17.6. The van der Waals surface area contributed by atoms with Gasteiger partial charge < -0.3 is 19.8 Å². The van der Waals surface area contributed by atoms with E-state index in [0.717, 1.165) is 34.8 Å². The van der Waals surface area contributed by atoms with Crippen LogP contribution >= 0.6 is 0 Å². The van der Waals surface area contributed by atoms with Crippen molar-refractivity contribution in [3.8, 4) is 5.75 Å². The molecule has 2 amide bonds. The number of furan rings is 1. The lowest BCUT2D eigenvalue weighted by molar-refractivity contribution is -0.111. The van der Waals surface area contributed by atoms with Gasteiger partial charge in [-0.2, -0.15) is 0 Å². The summed E-state index contributed by atoms with van der Waals surface area (Å²) in [6.45, 7) is 0. The zero-order valence-corrected chi connectivity index (χ0v) is 17.6. The van der Waals surface area contributed by atoms with Crippen LogP contribution in [0.2, 0.25) is 0 Å². The second-order valence-electron chi connectivity index (χ2n) is 7.84. The van der Waals surface area contributed by atoms with E-state index >= 15 is 0 Å². The molecule has 0 saturated heterocycles. The summed E-state index contributed by atoms with van der Waals surface area (Å²) in [5, 5.41) is 7.73. The highest BCUT2D eigenvalue weighted by Gasteiger charge is 2.23. The lowest BCUT2D eigenvalue weighted by atomic mass is 10.1. The molecule has 6 heteroatoms. The summed E-state index contributed by atoms with van der Waals surface area (Å²) in [4.78, 5) is 24.6. The minimum atomic E-state index is -0.297. The van der Waals surface area contributed by atoms with Crippen LogP contribution < -0.4 is 15.4 Å². The molecule has 0 bridgehead atoms. The quantitative estimate of drug-likeness (QED) is 0.419. The third kappa shape index (κ3) is 4.07. The van der Waals surface area contributed by atoms with E-state index in [1.165, 1.54) is 6.08 Å². The maximum absolute atomic E-state index is 12.5. The van der Waals surface area contributed by atoms with Crippen LogP contribution in [0.1, 0.15) is 28.8 Å². The molecule has 160 valence electrons. The van der Waals surface area contributed by atoms with Crippen LogP contribution in [0.4, 0.5) is 5.69 Å². The number of carbonyl (C=O) groups is 2. The van der Waals surface area contributed by atoms with Crippen molar-refractivity contribution >= 4 is 45.5 Å². The van der Waals surface area contributed by atoms with Crippen LogP contribution in [-0.4, -0.2) is 25.0 Å². The van der Waals surface area contributed by atoms with Crippen LogP contribution in [0, 0.1) is 0 Å². The van der Waals surface area contributed by atoms with Gasteiger partial charge in [-0.15, -0.1) is 0 Å². The van der Waals surface area contributed by atoms with Crippen LogP contribution in [-0.2, 0) is 4.79 Å². The Morgan fingerprint density at radius 1 is 1.00 bits per heavy atom. The molecule has 0 atom stereocenters. The molecule has 5 rings (SSSR count). The lowest BCUT2D eigenvalue weighted by Gasteiger charge is -2.09. The van der Waals surface area contributed by atoms with Crippen molar-refractivity contribution in [3.63, 3.8) is 0 Å². The van der Waals surface area contributed by atoms with E-state index in [4.69, 9.17) is 9.15 Å². The van der Waals surface area contributed by atoms with Crippen molar-refractivity contribution < 1.29 is 18.7 Å². The third-order valence-corrected chi connectivity index (χ3v) is 5.47. The van der Waals surface area contributed by atoms with E-state index in [1.807, 2.05) is 42.5 Å². The fourth-order valence-corrected chi connectivity index (χ4v) is 3.61. The highest BCUT2D eigenvalue weighted by molar-refractivity contribution is 6.09. The third-order valence-electron chi connectivity index (χ3n) is 5.47. The molecule has 1 fully saturated rings. The molecule has 0 aliphatic heterocycles. The van der Waals surface area contributed by atoms with Gasteiger partial charge in [0.1, 0.15) is 16.9 Å². The maximum Gasteiger partial charge on any atom is 0.251 e. The van der Waals surface area contributed by atoms with Gasteiger partial charge in [-0.1, -0.05) is 30.3 Å². The summed E-state index contributed by atoms with van der Waals surface area (Å²) in [6.07, 6.45) is 5.25. The van der Waals surface area contributed by atoms with E-state index in [0.29, 0.717) is 28.6 Å². The Morgan fingerprint density at radius 2 is 1.78 bits per heavy atom. The average Bonchev–Trinajstić information content (AvgIpc) is 3.55. The highest BCUT2D eigenvalue weighted by Crippen LogP contribution is 2.36. The molecule has 6 nitrogen and oxygen atoms in total. The Bertz CT molecular complexity index is 1350. The Kier molecular flexibility index (Phi) is 5.11. The number of fused-ring (bicyclic) bond motifs is 3. The number of para-hydroxylation sites is 1. The summed E-state index contributed by atoms with van der Waals surface area (Å²) in [5.41, 5.74) is 3.42. The zero-order chi connectivity index (χ0) is 22.1. The summed E-state index contributed by atoms with van der Waals surface area (Å²) in [7, 11) is 1.57. The fraction of sp³-hybridized carbons (Fsp3) is 0.154. The van der Waals surface area contributed by atoms with Gasteiger partial charge in [-0.3, -0.25) is 9.59 Å². The molecule has 0 spiro atoms. The molecule has 1 heterocycles. The first-order valence-corrected chi connectivity index (χ1v) is 10.5.